The molecule has 0 saturated heterocycles. The first-order valence-corrected chi connectivity index (χ1v) is 8.65. The molecule has 8 nitrogen and oxygen atoms in total. The van der Waals surface area contributed by atoms with E-state index in [9.17, 15) is 14.9 Å². The molecule has 0 atom stereocenters. The fraction of sp³-hybridized carbons (Fsp3) is 0. The molecule has 0 saturated carbocycles. The van der Waals surface area contributed by atoms with Gasteiger partial charge in [0.1, 0.15) is 40.4 Å². The summed E-state index contributed by atoms with van der Waals surface area (Å²) in [4.78, 5) is 16.6. The second-order valence-corrected chi connectivity index (χ2v) is 6.56. The average molecular weight is 388 g/mol. The van der Waals surface area contributed by atoms with E-state index in [0.29, 0.717) is 21.9 Å². The Kier molecular flexibility index (Phi) is 4.24. The van der Waals surface area contributed by atoms with Crippen LogP contribution in [0.2, 0.25) is 0 Å². The van der Waals surface area contributed by atoms with Gasteiger partial charge in [-0.3, -0.25) is 0 Å². The largest absolute Gasteiger partial charge is 0.384 e. The summed E-state index contributed by atoms with van der Waals surface area (Å²) in [6.07, 6.45) is 2.67. The van der Waals surface area contributed by atoms with Gasteiger partial charge < -0.3 is 11.1 Å². The first kappa shape index (κ1) is 17.3. The number of pyridine rings is 1. The lowest BCUT2D eigenvalue weighted by molar-refractivity contribution is 0.631. The maximum absolute atomic E-state index is 14.4. The number of halogens is 1. The molecule has 134 valence electrons. The number of rotatable bonds is 3. The van der Waals surface area contributed by atoms with Crippen molar-refractivity contribution in [3.63, 3.8) is 0 Å². The van der Waals surface area contributed by atoms with Crippen LogP contribution >= 0.6 is 11.3 Å². The molecule has 1 aromatic carbocycles. The van der Waals surface area contributed by atoms with E-state index in [2.05, 4.69) is 25.3 Å². The zero-order valence-corrected chi connectivity index (χ0v) is 14.8. The summed E-state index contributed by atoms with van der Waals surface area (Å²) in [6, 6.07) is 9.75. The molecule has 0 unspecified atom stereocenters. The molecule has 0 amide bonds. The molecule has 0 aliphatic carbocycles. The molecule has 3 N–H and O–H groups in total. The van der Waals surface area contributed by atoms with Crippen LogP contribution in [0.1, 0.15) is 11.1 Å². The predicted octanol–water partition coefficient (Wildman–Crippen LogP) is 3.36. The highest BCUT2D eigenvalue weighted by Crippen LogP contribution is 2.38. The van der Waals surface area contributed by atoms with E-state index in [1.54, 1.807) is 0 Å². The third kappa shape index (κ3) is 2.94. The van der Waals surface area contributed by atoms with Gasteiger partial charge in [-0.25, -0.2) is 24.3 Å². The topological polar surface area (TPSA) is 137 Å². The molecule has 0 aliphatic heterocycles. The molecule has 0 fully saturated rings. The molecule has 3 aromatic heterocycles. The molecule has 4 aromatic rings. The maximum atomic E-state index is 14.4. The van der Waals surface area contributed by atoms with Gasteiger partial charge in [-0.15, -0.1) is 11.3 Å². The van der Waals surface area contributed by atoms with Crippen LogP contribution in [0, 0.1) is 28.5 Å². The van der Waals surface area contributed by atoms with Crippen LogP contribution in [0.5, 0.6) is 0 Å². The lowest BCUT2D eigenvalue weighted by Crippen LogP contribution is -1.99. The smallest absolute Gasteiger partial charge is 0.151 e. The van der Waals surface area contributed by atoms with Crippen molar-refractivity contribution in [1.29, 1.82) is 10.5 Å². The van der Waals surface area contributed by atoms with Crippen molar-refractivity contribution < 1.29 is 4.39 Å². The Bertz CT molecular complexity index is 1300. The number of nitrogens with one attached hydrogen (secondary N) is 1. The molecule has 28 heavy (non-hydrogen) atoms. The molecule has 0 aliphatic rings. The minimum absolute atomic E-state index is 0.0901. The number of thiazole rings is 1. The molecular formula is C18H9FN8S. The van der Waals surface area contributed by atoms with Crippen molar-refractivity contribution in [3.8, 4) is 22.7 Å². The molecule has 0 radical (unpaired) electrons. The number of benzene rings is 1. The number of nitrogen functional groups attached to an aromatic ring is 1. The lowest BCUT2D eigenvalue weighted by Gasteiger charge is -2.05. The highest BCUT2D eigenvalue weighted by atomic mass is 32.1. The Labute approximate surface area is 161 Å². The fourth-order valence-electron chi connectivity index (χ4n) is 2.59. The molecule has 10 heteroatoms. The third-order valence-electron chi connectivity index (χ3n) is 3.82. The summed E-state index contributed by atoms with van der Waals surface area (Å²) in [5, 5.41) is 22.0. The summed E-state index contributed by atoms with van der Waals surface area (Å²) >= 11 is 1.12. The van der Waals surface area contributed by atoms with Gasteiger partial charge in [0.05, 0.1) is 27.5 Å². The van der Waals surface area contributed by atoms with Gasteiger partial charge in [-0.1, -0.05) is 6.07 Å². The van der Waals surface area contributed by atoms with Crippen molar-refractivity contribution in [2.45, 2.75) is 0 Å². The summed E-state index contributed by atoms with van der Waals surface area (Å²) < 4.78 is 14.9. The van der Waals surface area contributed by atoms with Crippen LogP contribution in [0.3, 0.4) is 0 Å². The number of aromatic nitrogens is 4. The van der Waals surface area contributed by atoms with Gasteiger partial charge >= 0.3 is 0 Å². The lowest BCUT2D eigenvalue weighted by atomic mass is 10.1. The number of hydrogen-bond acceptors (Lipinski definition) is 9. The first-order chi connectivity index (χ1) is 13.6. The monoisotopic (exact) mass is 388 g/mol. The van der Waals surface area contributed by atoms with Crippen LogP contribution < -0.4 is 11.1 Å². The Balaban J connectivity index is 1.92. The molecule has 4 rings (SSSR count). The summed E-state index contributed by atoms with van der Waals surface area (Å²) in [7, 11) is 0. The maximum Gasteiger partial charge on any atom is 0.151 e. The van der Waals surface area contributed by atoms with Crippen molar-refractivity contribution in [3.05, 3.63) is 53.7 Å². The van der Waals surface area contributed by atoms with Gasteiger partial charge in [-0.05, 0) is 12.1 Å². The quantitative estimate of drug-likeness (QED) is 0.545. The van der Waals surface area contributed by atoms with Gasteiger partial charge in [0.25, 0.3) is 0 Å². The number of hydrogen-bond donors (Lipinski definition) is 2. The molecular weight excluding hydrogens is 379 g/mol. The van der Waals surface area contributed by atoms with Crippen LogP contribution in [0.15, 0.2) is 36.8 Å². The van der Waals surface area contributed by atoms with Crippen LogP contribution in [0.25, 0.3) is 20.8 Å². The number of nitrogens with two attached hydrogens (primary N) is 1. The van der Waals surface area contributed by atoms with Gasteiger partial charge in [-0.2, -0.15) is 10.5 Å². The van der Waals surface area contributed by atoms with E-state index < -0.39 is 5.82 Å². The van der Waals surface area contributed by atoms with Crippen LogP contribution in [-0.2, 0) is 0 Å². The molecule has 0 bridgehead atoms. The van der Waals surface area contributed by atoms with Gasteiger partial charge in [0.15, 0.2) is 5.82 Å². The third-order valence-corrected chi connectivity index (χ3v) is 4.90. The minimum Gasteiger partial charge on any atom is -0.384 e. The van der Waals surface area contributed by atoms with E-state index in [4.69, 9.17) is 5.73 Å². The highest BCUT2D eigenvalue weighted by Gasteiger charge is 2.19. The zero-order chi connectivity index (χ0) is 19.7. The normalized spacial score (nSPS) is 10.4. The van der Waals surface area contributed by atoms with E-state index in [0.717, 1.165) is 11.3 Å². The fourth-order valence-corrected chi connectivity index (χ4v) is 3.68. The molecule has 3 heterocycles. The summed E-state index contributed by atoms with van der Waals surface area (Å²) in [5.74, 6) is 0.496. The summed E-state index contributed by atoms with van der Waals surface area (Å²) in [5.41, 5.74) is 6.50. The Morgan fingerprint density at radius 3 is 2.68 bits per heavy atom. The second-order valence-electron chi connectivity index (χ2n) is 5.56. The molecule has 0 spiro atoms. The minimum atomic E-state index is -0.567. The van der Waals surface area contributed by atoms with Crippen LogP contribution in [0.4, 0.5) is 21.8 Å². The zero-order valence-electron chi connectivity index (χ0n) is 14.0. The highest BCUT2D eigenvalue weighted by molar-refractivity contribution is 7.22. The SMILES string of the molecule is N#Cc1cccc(F)c1-c1nc2c(C#N)cnc(Nc3cc(N)ncn3)c2s1. The van der Waals surface area contributed by atoms with Gasteiger partial charge in [0.2, 0.25) is 0 Å². The Hall–Kier alpha value is -4.15. The number of nitrogens with zero attached hydrogens (tertiary/aromatic N) is 6. The van der Waals surface area contributed by atoms with E-state index in [1.165, 1.54) is 36.8 Å². The van der Waals surface area contributed by atoms with Crippen molar-refractivity contribution in [2.75, 3.05) is 11.1 Å². The van der Waals surface area contributed by atoms with Crippen molar-refractivity contribution in [1.82, 2.24) is 19.9 Å². The predicted molar refractivity (Wildman–Crippen MR) is 102 cm³/mol. The van der Waals surface area contributed by atoms with Gasteiger partial charge in [0, 0.05) is 12.3 Å². The number of fused-ring (bicyclic) bond motifs is 1. The average Bonchev–Trinajstić information content (AvgIpc) is 3.13. The second kappa shape index (κ2) is 6.87. The van der Waals surface area contributed by atoms with Crippen LogP contribution in [-0.4, -0.2) is 19.9 Å². The Morgan fingerprint density at radius 2 is 1.93 bits per heavy atom. The van der Waals surface area contributed by atoms with Crippen molar-refractivity contribution in [2.24, 2.45) is 0 Å². The summed E-state index contributed by atoms with van der Waals surface area (Å²) in [6.45, 7) is 0. The van der Waals surface area contributed by atoms with E-state index in [1.807, 2.05) is 12.1 Å². The van der Waals surface area contributed by atoms with Crippen molar-refractivity contribution >= 4 is 39.0 Å². The number of anilines is 3. The Morgan fingerprint density at radius 1 is 1.11 bits per heavy atom. The van der Waals surface area contributed by atoms with E-state index in [-0.39, 0.29) is 27.5 Å². The first-order valence-electron chi connectivity index (χ1n) is 7.84. The van der Waals surface area contributed by atoms with E-state index >= 15 is 0 Å². The standard InChI is InChI=1S/C18H9FN8S/c19-11-3-1-2-9(5-20)14(11)18-27-15-10(6-21)7-23-17(16(15)28-18)26-13-4-12(22)24-8-25-13/h1-4,7-8H,(H3,22,23,24,25,26). The number of nitriles is 2.